The average molecular weight is 440 g/mol. The number of esters is 1. The zero-order chi connectivity index (χ0) is 22.7. The number of aryl methyl sites for hydroxylation is 2. The van der Waals surface area contributed by atoms with E-state index in [1.807, 2.05) is 30.3 Å². The van der Waals surface area contributed by atoms with Crippen molar-refractivity contribution >= 4 is 35.2 Å². The number of nitrogens with one attached hydrogen (secondary N) is 1. The zero-order valence-corrected chi connectivity index (χ0v) is 18.4. The Labute approximate surface area is 184 Å². The molecule has 2 aromatic heterocycles. The fraction of sp³-hybridized carbons (Fsp3) is 0.217. The van der Waals surface area contributed by atoms with Crippen molar-refractivity contribution in [2.75, 3.05) is 6.61 Å². The Kier molecular flexibility index (Phi) is 6.56. The molecule has 3 aromatic rings. The van der Waals surface area contributed by atoms with Crippen LogP contribution in [-0.4, -0.2) is 38.9 Å². The lowest BCUT2D eigenvalue weighted by Gasteiger charge is -2.02. The van der Waals surface area contributed by atoms with Gasteiger partial charge in [-0.25, -0.2) is 9.48 Å². The molecule has 0 spiro atoms. The molecule has 0 unspecified atom stereocenters. The normalized spacial score (nSPS) is 11.1. The molecule has 0 fully saturated rings. The molecular formula is C23H22ClN3O4. The van der Waals surface area contributed by atoms with Crippen molar-refractivity contribution in [2.45, 2.75) is 27.7 Å². The van der Waals surface area contributed by atoms with E-state index in [1.165, 1.54) is 19.1 Å². The molecule has 0 saturated heterocycles. The molecule has 0 atom stereocenters. The fourth-order valence-corrected chi connectivity index (χ4v) is 3.74. The number of aromatic amines is 1. The Morgan fingerprint density at radius 1 is 1.16 bits per heavy atom. The summed E-state index contributed by atoms with van der Waals surface area (Å²) in [6.45, 7) is 6.18. The van der Waals surface area contributed by atoms with Gasteiger partial charge in [-0.3, -0.25) is 9.59 Å². The minimum Gasteiger partial charge on any atom is -0.454 e. The Morgan fingerprint density at radius 2 is 1.84 bits per heavy atom. The number of benzene rings is 1. The molecular weight excluding hydrogens is 418 g/mol. The number of hydrogen-bond donors (Lipinski definition) is 1. The Balaban J connectivity index is 1.68. The highest BCUT2D eigenvalue weighted by atomic mass is 35.5. The van der Waals surface area contributed by atoms with Gasteiger partial charge in [0.1, 0.15) is 5.15 Å². The van der Waals surface area contributed by atoms with Gasteiger partial charge >= 0.3 is 5.97 Å². The minimum atomic E-state index is -0.691. The molecule has 0 radical (unpaired) electrons. The van der Waals surface area contributed by atoms with Crippen molar-refractivity contribution in [2.24, 2.45) is 0 Å². The third kappa shape index (κ3) is 4.67. The number of Topliss-reactive ketones (excluding diaryl/α,β-unsaturated/α-hetero) is 2. The number of hydrogen-bond acceptors (Lipinski definition) is 5. The second kappa shape index (κ2) is 9.14. The topological polar surface area (TPSA) is 94.0 Å². The van der Waals surface area contributed by atoms with E-state index >= 15 is 0 Å². The summed E-state index contributed by atoms with van der Waals surface area (Å²) in [7, 11) is 0. The smallest absolute Gasteiger partial charge is 0.331 e. The summed E-state index contributed by atoms with van der Waals surface area (Å²) in [5.74, 6) is -1.24. The molecule has 1 aromatic carbocycles. The molecule has 2 heterocycles. The maximum Gasteiger partial charge on any atom is 0.331 e. The molecule has 0 amide bonds. The van der Waals surface area contributed by atoms with Crippen molar-refractivity contribution in [3.05, 3.63) is 75.3 Å². The average Bonchev–Trinajstić information content (AvgIpc) is 3.20. The first-order valence-corrected chi connectivity index (χ1v) is 9.97. The van der Waals surface area contributed by atoms with Crippen LogP contribution in [0.15, 0.2) is 36.4 Å². The summed E-state index contributed by atoms with van der Waals surface area (Å²) < 4.78 is 6.64. The predicted molar refractivity (Wildman–Crippen MR) is 118 cm³/mol. The zero-order valence-electron chi connectivity index (χ0n) is 17.7. The Hall–Kier alpha value is -3.45. The van der Waals surface area contributed by atoms with Crippen LogP contribution in [0.4, 0.5) is 0 Å². The number of carbonyl (C=O) groups excluding carboxylic acids is 3. The quantitative estimate of drug-likeness (QED) is 0.334. The standard InChI is InChI=1S/C23H22ClN3O4/c1-13-21(16(4)28)15(3)25-22(13)19(29)12-31-20(30)11-10-18-14(2)26-27(23(18)24)17-8-6-5-7-9-17/h5-11,25H,12H2,1-4H3/b11-10+. The van der Waals surface area contributed by atoms with Crippen molar-refractivity contribution in [1.82, 2.24) is 14.8 Å². The van der Waals surface area contributed by atoms with Crippen LogP contribution in [0.3, 0.4) is 0 Å². The lowest BCUT2D eigenvalue weighted by molar-refractivity contribution is -0.136. The predicted octanol–water partition coefficient (Wildman–Crippen LogP) is 4.42. The van der Waals surface area contributed by atoms with E-state index in [9.17, 15) is 14.4 Å². The number of ether oxygens (including phenoxy) is 1. The number of carbonyl (C=O) groups is 3. The van der Waals surface area contributed by atoms with Gasteiger partial charge in [-0.05, 0) is 51.5 Å². The molecule has 31 heavy (non-hydrogen) atoms. The maximum atomic E-state index is 12.4. The van der Waals surface area contributed by atoms with E-state index in [2.05, 4.69) is 10.1 Å². The van der Waals surface area contributed by atoms with Crippen molar-refractivity contribution < 1.29 is 19.1 Å². The number of nitrogens with zero attached hydrogens (tertiary/aromatic N) is 2. The number of aromatic nitrogens is 3. The van der Waals surface area contributed by atoms with Crippen molar-refractivity contribution in [1.29, 1.82) is 0 Å². The molecule has 0 aliphatic carbocycles. The monoisotopic (exact) mass is 439 g/mol. The first-order chi connectivity index (χ1) is 14.7. The van der Waals surface area contributed by atoms with E-state index in [0.29, 0.717) is 33.2 Å². The number of ketones is 2. The number of para-hydroxylation sites is 1. The van der Waals surface area contributed by atoms with Gasteiger partial charge in [-0.15, -0.1) is 0 Å². The highest BCUT2D eigenvalue weighted by Gasteiger charge is 2.20. The van der Waals surface area contributed by atoms with Crippen LogP contribution >= 0.6 is 11.6 Å². The van der Waals surface area contributed by atoms with Gasteiger partial charge in [0.2, 0.25) is 5.78 Å². The fourth-order valence-electron chi connectivity index (χ4n) is 3.41. The first-order valence-electron chi connectivity index (χ1n) is 9.59. The number of H-pyrrole nitrogens is 1. The van der Waals surface area contributed by atoms with Crippen LogP contribution < -0.4 is 0 Å². The van der Waals surface area contributed by atoms with Gasteiger partial charge in [-0.2, -0.15) is 5.10 Å². The summed E-state index contributed by atoms with van der Waals surface area (Å²) >= 11 is 6.43. The summed E-state index contributed by atoms with van der Waals surface area (Å²) in [4.78, 5) is 39.2. The SMILES string of the molecule is CC(=O)c1c(C)[nH]c(C(=O)COC(=O)/C=C/c2c(C)nn(-c3ccccc3)c2Cl)c1C. The molecule has 3 rings (SSSR count). The van der Waals surface area contributed by atoms with Crippen LogP contribution in [-0.2, 0) is 9.53 Å². The van der Waals surface area contributed by atoms with Gasteiger partial charge in [0.05, 0.1) is 17.1 Å². The van der Waals surface area contributed by atoms with Gasteiger partial charge in [-0.1, -0.05) is 29.8 Å². The Bertz CT molecular complexity index is 1190. The second-order valence-electron chi connectivity index (χ2n) is 7.08. The maximum absolute atomic E-state index is 12.4. The molecule has 0 aliphatic heterocycles. The molecule has 7 nitrogen and oxygen atoms in total. The molecule has 0 saturated carbocycles. The molecule has 8 heteroatoms. The third-order valence-electron chi connectivity index (χ3n) is 4.85. The molecule has 0 aliphatic rings. The second-order valence-corrected chi connectivity index (χ2v) is 7.44. The van der Waals surface area contributed by atoms with E-state index in [-0.39, 0.29) is 11.5 Å². The number of halogens is 1. The number of rotatable bonds is 7. The highest BCUT2D eigenvalue weighted by molar-refractivity contribution is 6.31. The minimum absolute atomic E-state index is 0.131. The van der Waals surface area contributed by atoms with Crippen LogP contribution in [0.2, 0.25) is 5.15 Å². The van der Waals surface area contributed by atoms with Crippen LogP contribution in [0.25, 0.3) is 11.8 Å². The largest absolute Gasteiger partial charge is 0.454 e. The van der Waals surface area contributed by atoms with E-state index in [4.69, 9.17) is 16.3 Å². The van der Waals surface area contributed by atoms with Crippen LogP contribution in [0.5, 0.6) is 0 Å². The third-order valence-corrected chi connectivity index (χ3v) is 5.21. The van der Waals surface area contributed by atoms with Crippen LogP contribution in [0, 0.1) is 20.8 Å². The molecule has 0 bridgehead atoms. The van der Waals surface area contributed by atoms with E-state index in [0.717, 1.165) is 5.69 Å². The molecule has 1 N–H and O–H groups in total. The Morgan fingerprint density at radius 3 is 2.45 bits per heavy atom. The van der Waals surface area contributed by atoms with Gasteiger partial charge in [0.25, 0.3) is 0 Å². The molecule has 160 valence electrons. The van der Waals surface area contributed by atoms with E-state index in [1.54, 1.807) is 25.5 Å². The van der Waals surface area contributed by atoms with Crippen molar-refractivity contribution in [3.8, 4) is 5.69 Å². The lowest BCUT2D eigenvalue weighted by atomic mass is 10.1. The first kappa shape index (κ1) is 22.2. The lowest BCUT2D eigenvalue weighted by Crippen LogP contribution is -2.14. The highest BCUT2D eigenvalue weighted by Crippen LogP contribution is 2.24. The summed E-state index contributed by atoms with van der Waals surface area (Å²) in [5.41, 5.74) is 3.93. The van der Waals surface area contributed by atoms with Crippen LogP contribution in [0.1, 0.15) is 50.3 Å². The summed E-state index contributed by atoms with van der Waals surface area (Å²) in [6.07, 6.45) is 2.71. The summed E-state index contributed by atoms with van der Waals surface area (Å²) in [5, 5.41) is 4.76. The van der Waals surface area contributed by atoms with Gasteiger partial charge in [0.15, 0.2) is 12.4 Å². The van der Waals surface area contributed by atoms with E-state index < -0.39 is 18.4 Å². The van der Waals surface area contributed by atoms with Gasteiger partial charge < -0.3 is 9.72 Å². The summed E-state index contributed by atoms with van der Waals surface area (Å²) in [6, 6.07) is 9.38. The van der Waals surface area contributed by atoms with Crippen molar-refractivity contribution in [3.63, 3.8) is 0 Å². The van der Waals surface area contributed by atoms with Gasteiger partial charge in [0, 0.05) is 22.9 Å².